The van der Waals surface area contributed by atoms with Crippen molar-refractivity contribution < 1.29 is 14.1 Å². The van der Waals surface area contributed by atoms with Crippen LogP contribution in [0.15, 0.2) is 53.1 Å². The molecule has 0 spiro atoms. The first-order valence-corrected chi connectivity index (χ1v) is 14.0. The molecular formula is C31H35N5O3. The molecule has 2 aromatic carbocycles. The smallest absolute Gasteiger partial charge is 0.227 e. The minimum atomic E-state index is 0.0431. The number of morpholine rings is 1. The average molecular weight is 526 g/mol. The number of carbonyl (C=O) groups excluding carboxylic acids is 1. The molecule has 0 amide bonds. The van der Waals surface area contributed by atoms with Gasteiger partial charge in [-0.2, -0.15) is 4.98 Å². The Morgan fingerprint density at radius 3 is 2.54 bits per heavy atom. The first-order valence-electron chi connectivity index (χ1n) is 14.0. The number of benzene rings is 2. The van der Waals surface area contributed by atoms with E-state index in [0.717, 1.165) is 77.7 Å². The molecule has 0 radical (unpaired) electrons. The number of ketones is 1. The number of Topliss-reactive ketones (excluding diaryl/α,β-unsaturated/α-hetero) is 1. The van der Waals surface area contributed by atoms with Crippen LogP contribution in [0, 0.1) is 19.8 Å². The van der Waals surface area contributed by atoms with Crippen LogP contribution in [-0.4, -0.2) is 53.8 Å². The van der Waals surface area contributed by atoms with Gasteiger partial charge >= 0.3 is 0 Å². The molecule has 2 aromatic heterocycles. The third-order valence-electron chi connectivity index (χ3n) is 8.15. The zero-order valence-electron chi connectivity index (χ0n) is 22.9. The van der Waals surface area contributed by atoms with E-state index < -0.39 is 0 Å². The predicted octanol–water partition coefficient (Wildman–Crippen LogP) is 5.68. The van der Waals surface area contributed by atoms with Gasteiger partial charge in [0.2, 0.25) is 5.95 Å². The fourth-order valence-corrected chi connectivity index (χ4v) is 6.01. The number of hydrogen-bond donors (Lipinski definition) is 0. The molecule has 8 heteroatoms. The lowest BCUT2D eigenvalue weighted by molar-refractivity contribution is -0.123. The molecule has 2 saturated heterocycles. The molecule has 2 aliphatic rings. The Hall–Kier alpha value is -3.78. The summed E-state index contributed by atoms with van der Waals surface area (Å²) in [7, 11) is 0. The van der Waals surface area contributed by atoms with Gasteiger partial charge in [0.1, 0.15) is 17.4 Å². The van der Waals surface area contributed by atoms with E-state index in [1.54, 1.807) is 0 Å². The Labute approximate surface area is 229 Å². The van der Waals surface area contributed by atoms with Crippen molar-refractivity contribution in [3.05, 3.63) is 65.5 Å². The molecule has 0 aliphatic carbocycles. The zero-order chi connectivity index (χ0) is 26.9. The number of aryl methyl sites for hydroxylation is 2. The number of rotatable bonds is 6. The molecule has 0 unspecified atom stereocenters. The van der Waals surface area contributed by atoms with Crippen molar-refractivity contribution in [3.63, 3.8) is 0 Å². The maximum Gasteiger partial charge on any atom is 0.227 e. The van der Waals surface area contributed by atoms with E-state index in [9.17, 15) is 4.79 Å². The molecule has 0 saturated carbocycles. The van der Waals surface area contributed by atoms with Crippen molar-refractivity contribution >= 4 is 28.5 Å². The summed E-state index contributed by atoms with van der Waals surface area (Å²) in [5.74, 6) is 2.94. The van der Waals surface area contributed by atoms with Gasteiger partial charge in [0.25, 0.3) is 0 Å². The summed E-state index contributed by atoms with van der Waals surface area (Å²) >= 11 is 0. The van der Waals surface area contributed by atoms with E-state index >= 15 is 0 Å². The van der Waals surface area contributed by atoms with Crippen LogP contribution in [0.3, 0.4) is 0 Å². The van der Waals surface area contributed by atoms with Crippen molar-refractivity contribution in [2.45, 2.75) is 46.1 Å². The number of fused-ring (bicyclic) bond motifs is 1. The normalized spacial score (nSPS) is 18.6. The maximum absolute atomic E-state index is 12.3. The summed E-state index contributed by atoms with van der Waals surface area (Å²) in [6.07, 6.45) is 2.30. The summed E-state index contributed by atoms with van der Waals surface area (Å²) in [5, 5.41) is 5.17. The van der Waals surface area contributed by atoms with Crippen molar-refractivity contribution in [2.24, 2.45) is 5.92 Å². The van der Waals surface area contributed by atoms with Gasteiger partial charge in [-0.25, -0.2) is 4.98 Å². The summed E-state index contributed by atoms with van der Waals surface area (Å²) in [6, 6.07) is 16.9. The monoisotopic (exact) mass is 525 g/mol. The van der Waals surface area contributed by atoms with Gasteiger partial charge in [-0.1, -0.05) is 48.5 Å². The van der Waals surface area contributed by atoms with E-state index in [1.807, 2.05) is 26.8 Å². The second-order valence-corrected chi connectivity index (χ2v) is 10.6. The first-order chi connectivity index (χ1) is 19.0. The minimum absolute atomic E-state index is 0.0431. The molecule has 4 heterocycles. The van der Waals surface area contributed by atoms with Gasteiger partial charge < -0.3 is 19.1 Å². The largest absolute Gasteiger partial charge is 0.377 e. The third-order valence-corrected chi connectivity index (χ3v) is 8.15. The highest BCUT2D eigenvalue weighted by molar-refractivity contribution is 5.94. The van der Waals surface area contributed by atoms with Crippen LogP contribution in [0.1, 0.15) is 49.2 Å². The fraction of sp³-hybridized carbons (Fsp3) is 0.419. The maximum atomic E-state index is 12.3. The lowest BCUT2D eigenvalue weighted by Gasteiger charge is -2.38. The van der Waals surface area contributed by atoms with Gasteiger partial charge in [0.05, 0.1) is 30.5 Å². The highest BCUT2D eigenvalue weighted by Gasteiger charge is 2.30. The fourth-order valence-electron chi connectivity index (χ4n) is 6.01. The number of hydrogen-bond acceptors (Lipinski definition) is 8. The molecule has 1 atom stereocenters. The Bertz CT molecular complexity index is 1460. The standard InChI is InChI=1S/C31H35N5O3/c1-4-28(37)23-12-14-35(15-13-23)31-32-26-11-10-24(29-20(2)34-39-21(29)3)18-25(26)30(33-31)36-16-17-38-19-27(36)22-8-6-5-7-9-22/h5-11,18,23,27H,4,12-17,19H2,1-3H3/t27-/m1/s1. The molecule has 2 aliphatic heterocycles. The molecule has 4 aromatic rings. The van der Waals surface area contributed by atoms with E-state index in [2.05, 4.69) is 57.4 Å². The Morgan fingerprint density at radius 1 is 1.03 bits per heavy atom. The number of anilines is 2. The Kier molecular flexibility index (Phi) is 7.04. The molecule has 39 heavy (non-hydrogen) atoms. The third kappa shape index (κ3) is 4.89. The Balaban J connectivity index is 1.46. The van der Waals surface area contributed by atoms with Crippen LogP contribution in [0.2, 0.25) is 0 Å². The molecule has 0 bridgehead atoms. The SMILES string of the molecule is CCC(=O)C1CCN(c2nc(N3CCOC[C@@H]3c3ccccc3)c3cc(-c4c(C)noc4C)ccc3n2)CC1. The molecule has 202 valence electrons. The number of nitrogens with zero attached hydrogens (tertiary/aromatic N) is 5. The van der Waals surface area contributed by atoms with Gasteiger partial charge in [0.15, 0.2) is 0 Å². The predicted molar refractivity (Wildman–Crippen MR) is 152 cm³/mol. The van der Waals surface area contributed by atoms with Crippen molar-refractivity contribution in [1.82, 2.24) is 15.1 Å². The van der Waals surface area contributed by atoms with Gasteiger partial charge in [-0.05, 0) is 49.9 Å². The highest BCUT2D eigenvalue weighted by atomic mass is 16.5. The molecule has 0 N–H and O–H groups in total. The lowest BCUT2D eigenvalue weighted by atomic mass is 9.91. The quantitative estimate of drug-likeness (QED) is 0.318. The molecular weight excluding hydrogens is 490 g/mol. The van der Waals surface area contributed by atoms with E-state index in [1.165, 1.54) is 5.56 Å². The van der Waals surface area contributed by atoms with Gasteiger partial charge in [-0.15, -0.1) is 0 Å². The lowest BCUT2D eigenvalue weighted by Crippen LogP contribution is -2.41. The topological polar surface area (TPSA) is 84.6 Å². The molecule has 2 fully saturated rings. The number of aromatic nitrogens is 3. The van der Waals surface area contributed by atoms with Gasteiger partial charge in [-0.3, -0.25) is 4.79 Å². The number of ether oxygens (including phenoxy) is 1. The molecule has 6 rings (SSSR count). The van der Waals surface area contributed by atoms with Crippen LogP contribution in [0.4, 0.5) is 11.8 Å². The zero-order valence-corrected chi connectivity index (χ0v) is 22.9. The second kappa shape index (κ2) is 10.8. The van der Waals surface area contributed by atoms with Crippen molar-refractivity contribution in [3.8, 4) is 11.1 Å². The summed E-state index contributed by atoms with van der Waals surface area (Å²) in [5.41, 5.74) is 5.02. The van der Waals surface area contributed by atoms with Crippen molar-refractivity contribution in [2.75, 3.05) is 42.6 Å². The Morgan fingerprint density at radius 2 is 1.82 bits per heavy atom. The van der Waals surface area contributed by atoms with Crippen LogP contribution < -0.4 is 9.80 Å². The summed E-state index contributed by atoms with van der Waals surface area (Å²) in [6.45, 7) is 9.39. The van der Waals surface area contributed by atoms with E-state index in [4.69, 9.17) is 19.2 Å². The van der Waals surface area contributed by atoms with E-state index in [0.29, 0.717) is 25.4 Å². The van der Waals surface area contributed by atoms with E-state index in [-0.39, 0.29) is 12.0 Å². The number of piperidine rings is 1. The molecule has 8 nitrogen and oxygen atoms in total. The number of carbonyl (C=O) groups is 1. The van der Waals surface area contributed by atoms with Crippen LogP contribution in [-0.2, 0) is 9.53 Å². The van der Waals surface area contributed by atoms with Crippen LogP contribution in [0.5, 0.6) is 0 Å². The van der Waals surface area contributed by atoms with Crippen LogP contribution in [0.25, 0.3) is 22.0 Å². The first kappa shape index (κ1) is 25.5. The summed E-state index contributed by atoms with van der Waals surface area (Å²) < 4.78 is 11.4. The highest BCUT2D eigenvalue weighted by Crippen LogP contribution is 2.38. The van der Waals surface area contributed by atoms with Crippen LogP contribution >= 0.6 is 0 Å². The van der Waals surface area contributed by atoms with Crippen molar-refractivity contribution in [1.29, 1.82) is 0 Å². The minimum Gasteiger partial charge on any atom is -0.377 e. The summed E-state index contributed by atoms with van der Waals surface area (Å²) in [4.78, 5) is 27.2. The average Bonchev–Trinajstić information content (AvgIpc) is 3.33. The van der Waals surface area contributed by atoms with Gasteiger partial charge in [0, 0.05) is 42.9 Å². The second-order valence-electron chi connectivity index (χ2n) is 10.6.